The van der Waals surface area contributed by atoms with Crippen molar-refractivity contribution in [2.24, 2.45) is 0 Å². The van der Waals surface area contributed by atoms with Gasteiger partial charge in [-0.2, -0.15) is 4.58 Å². The van der Waals surface area contributed by atoms with E-state index in [2.05, 4.69) is 6.08 Å². The van der Waals surface area contributed by atoms with E-state index >= 15 is 0 Å². The number of benzene rings is 3. The summed E-state index contributed by atoms with van der Waals surface area (Å²) in [6.07, 6.45) is 9.07. The van der Waals surface area contributed by atoms with E-state index in [1.807, 2.05) is 80.3 Å². The third-order valence-electron chi connectivity index (χ3n) is 12.3. The van der Waals surface area contributed by atoms with Crippen LogP contribution < -0.4 is 68.8 Å². The Hall–Kier alpha value is -3.77. The quantitative estimate of drug-likeness (QED) is 0.0728. The van der Waals surface area contributed by atoms with Gasteiger partial charge in [-0.15, -0.1) is 5.06 Å². The average molecular weight is 1020 g/mol. The second-order valence-corrected chi connectivity index (χ2v) is 22.0. The third kappa shape index (κ3) is 13.0. The van der Waals surface area contributed by atoms with Gasteiger partial charge in [-0.3, -0.25) is 9.59 Å². The number of hydrogen-bond acceptors (Lipinski definition) is 15. The Balaban J connectivity index is 0.00000444. The van der Waals surface area contributed by atoms with Crippen molar-refractivity contribution in [3.05, 3.63) is 113 Å². The molecule has 17 nitrogen and oxygen atoms in total. The fourth-order valence-corrected chi connectivity index (χ4v) is 10.7. The summed E-state index contributed by atoms with van der Waals surface area (Å²) in [6.45, 7) is 8.01. The minimum absolute atomic E-state index is 0. The Morgan fingerprint density at radius 1 is 0.855 bits per heavy atom. The van der Waals surface area contributed by atoms with Crippen molar-refractivity contribution in [2.45, 2.75) is 88.5 Å². The van der Waals surface area contributed by atoms with Crippen LogP contribution in [0.5, 0.6) is 5.75 Å². The van der Waals surface area contributed by atoms with Crippen molar-refractivity contribution in [1.29, 1.82) is 0 Å². The molecule has 69 heavy (non-hydrogen) atoms. The van der Waals surface area contributed by atoms with Gasteiger partial charge in [0.2, 0.25) is 5.69 Å². The molecule has 7 rings (SSSR count). The van der Waals surface area contributed by atoms with E-state index in [9.17, 15) is 53.3 Å². The molecule has 4 aliphatic rings. The molecule has 0 spiro atoms. The number of nitrogens with zero attached hydrogens (tertiary/aromatic N) is 3. The molecule has 1 atom stereocenters. The zero-order valence-corrected chi connectivity index (χ0v) is 45.7. The molecule has 0 aliphatic carbocycles. The number of allylic oxidation sites excluding steroid dienone is 6. The van der Waals surface area contributed by atoms with Crippen LogP contribution in [0.1, 0.15) is 94.9 Å². The van der Waals surface area contributed by atoms with Gasteiger partial charge in [-0.1, -0.05) is 48.6 Å². The summed E-state index contributed by atoms with van der Waals surface area (Å²) < 4.78 is 115. The van der Waals surface area contributed by atoms with Gasteiger partial charge in [0.1, 0.15) is 28.2 Å². The van der Waals surface area contributed by atoms with E-state index in [1.54, 1.807) is 23.7 Å². The van der Waals surface area contributed by atoms with Gasteiger partial charge >= 0.3 is 65.1 Å². The third-order valence-corrected chi connectivity index (χ3v) is 14.7. The number of hydrogen-bond donors (Lipinski definition) is 0. The Kier molecular flexibility index (Phi) is 17.8. The van der Waals surface area contributed by atoms with Gasteiger partial charge in [0, 0.05) is 89.9 Å². The molecule has 0 N–H and O–H groups in total. The first-order valence-electron chi connectivity index (χ1n) is 21.5. The predicted octanol–water partition coefficient (Wildman–Crippen LogP) is -0.322. The Morgan fingerprint density at radius 3 is 2.14 bits per heavy atom. The van der Waals surface area contributed by atoms with Crippen molar-refractivity contribution in [3.8, 4) is 5.75 Å². The number of anilines is 1. The molecule has 3 aromatic rings. The molecular weight excluding hydrogens is 973 g/mol. The van der Waals surface area contributed by atoms with Crippen LogP contribution in [-0.2, 0) is 55.0 Å². The van der Waals surface area contributed by atoms with E-state index in [4.69, 9.17) is 9.57 Å². The number of rotatable bonds is 17. The first-order valence-corrected chi connectivity index (χ1v) is 26.1. The fourth-order valence-electron chi connectivity index (χ4n) is 9.20. The summed E-state index contributed by atoms with van der Waals surface area (Å²) in [5, 5.41) is 0.446. The van der Waals surface area contributed by atoms with E-state index in [1.165, 1.54) is 12.1 Å². The first kappa shape index (κ1) is 56.1. The number of carbonyl (C=O) groups excluding carboxylic acids is 3. The summed E-state index contributed by atoms with van der Waals surface area (Å²) in [5.74, 6) is -2.35. The van der Waals surface area contributed by atoms with Crippen LogP contribution in [0, 0.1) is 0 Å². The monoisotopic (exact) mass is 1020 g/mol. The molecule has 0 bridgehead atoms. The number of carbonyl (C=O) groups is 3. The normalized spacial score (nSPS) is 19.3. The molecule has 356 valence electrons. The van der Waals surface area contributed by atoms with Crippen LogP contribution in [-0.4, -0.2) is 102 Å². The molecule has 1 unspecified atom stereocenters. The largest absolute Gasteiger partial charge is 1.00 e. The molecule has 3 aromatic carbocycles. The van der Waals surface area contributed by atoms with Gasteiger partial charge in [-0.25, -0.2) is 30.0 Å². The van der Waals surface area contributed by atoms with Crippen LogP contribution in [0.3, 0.4) is 0 Å². The summed E-state index contributed by atoms with van der Waals surface area (Å²) in [7, 11) is -14.0. The van der Waals surface area contributed by atoms with Crippen molar-refractivity contribution in [3.63, 3.8) is 0 Å². The van der Waals surface area contributed by atoms with Crippen LogP contribution in [0.25, 0.3) is 16.9 Å². The predicted molar refractivity (Wildman–Crippen MR) is 245 cm³/mol. The topological polar surface area (TPSA) is 251 Å². The van der Waals surface area contributed by atoms with Crippen LogP contribution in [0.15, 0.2) is 95.9 Å². The summed E-state index contributed by atoms with van der Waals surface area (Å²) in [6, 6.07) is 17.1. The van der Waals surface area contributed by atoms with Crippen molar-refractivity contribution < 1.29 is 127 Å². The molecule has 2 amide bonds. The number of imide groups is 1. The van der Waals surface area contributed by atoms with Gasteiger partial charge < -0.3 is 28.1 Å². The van der Waals surface area contributed by atoms with E-state index < -0.39 is 75.5 Å². The van der Waals surface area contributed by atoms with Crippen molar-refractivity contribution >= 4 is 82.1 Å². The number of amides is 2. The average Bonchev–Trinajstić information content (AvgIpc) is 3.67. The van der Waals surface area contributed by atoms with Crippen molar-refractivity contribution in [1.82, 2.24) is 5.06 Å². The van der Waals surface area contributed by atoms with Crippen molar-refractivity contribution in [2.75, 3.05) is 29.5 Å². The molecular formula is C47H49N3Na2O14S3. The fraction of sp³-hybridized carbons (Fsp3) is 0.362. The smallest absolute Gasteiger partial charge is 0.748 e. The maximum atomic E-state index is 12.9. The zero-order chi connectivity index (χ0) is 48.7. The number of ether oxygens (including phenoxy) is 1. The molecule has 0 aromatic heterocycles. The summed E-state index contributed by atoms with van der Waals surface area (Å²) in [4.78, 5) is 43.8. The maximum absolute atomic E-state index is 12.9. The molecule has 1 saturated heterocycles. The van der Waals surface area contributed by atoms with E-state index in [-0.39, 0.29) is 117 Å². The molecule has 0 radical (unpaired) electrons. The zero-order valence-electron chi connectivity index (χ0n) is 39.2. The molecule has 0 saturated carbocycles. The van der Waals surface area contributed by atoms with Gasteiger partial charge in [0.15, 0.2) is 5.71 Å². The second-order valence-electron chi connectivity index (χ2n) is 17.6. The van der Waals surface area contributed by atoms with Crippen LogP contribution >= 0.6 is 0 Å². The molecule has 1 fully saturated rings. The van der Waals surface area contributed by atoms with Gasteiger partial charge in [-0.05, 0) is 82.4 Å². The SMILES string of the molecule is CC1=CC(C)(C)N(CCCS(=O)(=O)[O-])c2cc3c(cc21)/C(=C/C=C/C1=[N+](CCCS(=O)(=O)[O-])c2ccc(S(=O)(=O)[O-])cc2C1(C)CCCC(=O)ON1C(=O)CCC1=O)C=C(c1ccccc1)O3.[Na+].[Na+]. The summed E-state index contributed by atoms with van der Waals surface area (Å²) >= 11 is 0. The molecule has 4 aliphatic heterocycles. The van der Waals surface area contributed by atoms with Crippen LogP contribution in [0.4, 0.5) is 11.4 Å². The number of hydroxylamine groups is 2. The van der Waals surface area contributed by atoms with Gasteiger partial charge in [0.25, 0.3) is 11.8 Å². The second kappa shape index (κ2) is 21.9. The van der Waals surface area contributed by atoms with E-state index in [0.29, 0.717) is 44.7 Å². The Morgan fingerprint density at radius 2 is 1.51 bits per heavy atom. The molecule has 22 heteroatoms. The first-order chi connectivity index (χ1) is 31.3. The summed E-state index contributed by atoms with van der Waals surface area (Å²) in [5.41, 5.74) is 4.41. The Labute approximate surface area is 446 Å². The standard InChI is InChI=1S/C47H51N3O14S3.2Na/c1-31-30-46(2,3)49(23-11-25-66(57,58)59)39-29-41-36(28-35(31)39)33(26-40(63-41)32-12-6-5-7-13-32)14-8-15-42-47(4,21-9-16-45(53)64-50-43(51)19-20-44(50)52)37-27-34(67(60,61)62)17-18-38(37)48(42)22-10-24-65(54,55)56;;/h5-8,12-15,17-18,26-30H,9-11,16,19-25H2,1-4H3,(H2-,54,55,56,57,58,59,60,61,62);;/q;2*+1/p-2. The minimum Gasteiger partial charge on any atom is -0.748 e. The Bertz CT molecular complexity index is 3040. The minimum atomic E-state index is -4.95. The van der Waals surface area contributed by atoms with Gasteiger partial charge in [0.05, 0.1) is 36.1 Å². The molecule has 4 heterocycles. The maximum Gasteiger partial charge on any atom is 1.00 e. The number of fused-ring (bicyclic) bond motifs is 3. The van der Waals surface area contributed by atoms with E-state index in [0.717, 1.165) is 28.5 Å². The van der Waals surface area contributed by atoms with Crippen LogP contribution in [0.2, 0.25) is 0 Å².